The van der Waals surface area contributed by atoms with E-state index in [1.807, 2.05) is 0 Å². The SMILES string of the molecule is O=[N+]([O-])c1ccc2c(c1)c1cc([N+](=O)[O-])ccc1n2CCCS(=O)(=O)O.[NaH]. The van der Waals surface area contributed by atoms with Gasteiger partial charge in [-0.05, 0) is 18.6 Å². The zero-order chi connectivity index (χ0) is 19.1. The summed E-state index contributed by atoms with van der Waals surface area (Å²) in [5.74, 6) is -0.436. The van der Waals surface area contributed by atoms with Crippen molar-refractivity contribution in [1.29, 1.82) is 0 Å². The molecule has 1 heterocycles. The van der Waals surface area contributed by atoms with Crippen molar-refractivity contribution in [2.24, 2.45) is 0 Å². The summed E-state index contributed by atoms with van der Waals surface area (Å²) in [7, 11) is -4.11. The first-order valence-electron chi connectivity index (χ1n) is 7.47. The predicted molar refractivity (Wildman–Crippen MR) is 101 cm³/mol. The van der Waals surface area contributed by atoms with E-state index >= 15 is 0 Å². The van der Waals surface area contributed by atoms with E-state index in [2.05, 4.69) is 0 Å². The Morgan fingerprint density at radius 3 is 1.74 bits per heavy atom. The van der Waals surface area contributed by atoms with Crippen molar-refractivity contribution in [2.45, 2.75) is 13.0 Å². The molecule has 0 fully saturated rings. The molecule has 0 aliphatic heterocycles. The first-order chi connectivity index (χ1) is 12.2. The molecule has 0 amide bonds. The molecular formula is C15H14N3NaO7S. The molecule has 2 aromatic carbocycles. The first-order valence-corrected chi connectivity index (χ1v) is 9.08. The van der Waals surface area contributed by atoms with Crippen LogP contribution in [0.3, 0.4) is 0 Å². The molecule has 0 saturated carbocycles. The second-order valence-corrected chi connectivity index (χ2v) is 7.28. The summed E-state index contributed by atoms with van der Waals surface area (Å²) in [5.41, 5.74) is 0.866. The summed E-state index contributed by atoms with van der Waals surface area (Å²) >= 11 is 0. The normalized spacial score (nSPS) is 11.4. The van der Waals surface area contributed by atoms with Crippen LogP contribution in [0.2, 0.25) is 0 Å². The van der Waals surface area contributed by atoms with Crippen molar-refractivity contribution in [3.05, 3.63) is 56.6 Å². The Bertz CT molecular complexity index is 1090. The molecule has 0 bridgehead atoms. The second-order valence-electron chi connectivity index (χ2n) is 5.71. The van der Waals surface area contributed by atoms with Crippen LogP contribution in [-0.4, -0.2) is 62.7 Å². The number of aryl methyl sites for hydroxylation is 1. The van der Waals surface area contributed by atoms with Gasteiger partial charge in [-0.25, -0.2) is 0 Å². The quantitative estimate of drug-likeness (QED) is 0.287. The van der Waals surface area contributed by atoms with Gasteiger partial charge in [-0.1, -0.05) is 0 Å². The number of nitro groups is 2. The third kappa shape index (κ3) is 4.45. The van der Waals surface area contributed by atoms with Crippen molar-refractivity contribution < 1.29 is 22.8 Å². The van der Waals surface area contributed by atoms with Crippen LogP contribution in [-0.2, 0) is 16.7 Å². The fraction of sp³-hybridized carbons (Fsp3) is 0.200. The summed E-state index contributed by atoms with van der Waals surface area (Å²) in [6.45, 7) is 0.218. The van der Waals surface area contributed by atoms with Gasteiger partial charge in [0.25, 0.3) is 21.5 Å². The molecule has 0 atom stereocenters. The van der Waals surface area contributed by atoms with Crippen molar-refractivity contribution >= 4 is 72.9 Å². The zero-order valence-corrected chi connectivity index (χ0v) is 14.0. The second kappa shape index (κ2) is 7.90. The van der Waals surface area contributed by atoms with Crippen LogP contribution < -0.4 is 0 Å². The summed E-state index contributed by atoms with van der Waals surface area (Å²) < 4.78 is 32.5. The molecule has 27 heavy (non-hydrogen) atoms. The molecule has 138 valence electrons. The summed E-state index contributed by atoms with van der Waals surface area (Å²) in [5, 5.41) is 23.0. The van der Waals surface area contributed by atoms with Crippen LogP contribution in [0.25, 0.3) is 21.8 Å². The monoisotopic (exact) mass is 403 g/mol. The molecule has 0 aliphatic rings. The third-order valence-corrected chi connectivity index (χ3v) is 4.84. The fourth-order valence-electron chi connectivity index (χ4n) is 2.95. The van der Waals surface area contributed by atoms with Crippen LogP contribution >= 0.6 is 0 Å². The number of benzene rings is 2. The molecule has 0 aliphatic carbocycles. The van der Waals surface area contributed by atoms with Crippen LogP contribution in [0.5, 0.6) is 0 Å². The van der Waals surface area contributed by atoms with Crippen molar-refractivity contribution in [3.8, 4) is 0 Å². The number of nitro benzene ring substituents is 2. The average molecular weight is 403 g/mol. The van der Waals surface area contributed by atoms with E-state index in [1.54, 1.807) is 4.57 Å². The summed E-state index contributed by atoms with van der Waals surface area (Å²) in [6, 6.07) is 8.34. The Balaban J connectivity index is 0.00000261. The Kier molecular flexibility index (Phi) is 6.22. The molecule has 12 heteroatoms. The number of rotatable bonds is 6. The minimum atomic E-state index is -4.11. The van der Waals surface area contributed by atoms with Gasteiger partial charge in [-0.2, -0.15) is 8.42 Å². The molecule has 3 rings (SSSR count). The van der Waals surface area contributed by atoms with Gasteiger partial charge >= 0.3 is 29.6 Å². The molecule has 0 radical (unpaired) electrons. The molecule has 0 unspecified atom stereocenters. The van der Waals surface area contributed by atoms with Gasteiger partial charge in [0.1, 0.15) is 0 Å². The van der Waals surface area contributed by atoms with Crippen molar-refractivity contribution in [1.82, 2.24) is 4.57 Å². The fourth-order valence-corrected chi connectivity index (χ4v) is 3.45. The maximum absolute atomic E-state index is 11.0. The number of fused-ring (bicyclic) bond motifs is 3. The van der Waals surface area contributed by atoms with E-state index in [1.165, 1.54) is 36.4 Å². The Morgan fingerprint density at radius 2 is 1.37 bits per heavy atom. The Labute approximate surface area is 175 Å². The van der Waals surface area contributed by atoms with Crippen molar-refractivity contribution in [3.63, 3.8) is 0 Å². The van der Waals surface area contributed by atoms with E-state index < -0.39 is 25.7 Å². The van der Waals surface area contributed by atoms with Gasteiger partial charge in [0.15, 0.2) is 0 Å². The molecule has 1 aromatic heterocycles. The average Bonchev–Trinajstić information content (AvgIpc) is 2.86. The van der Waals surface area contributed by atoms with Gasteiger partial charge in [-0.3, -0.25) is 24.8 Å². The minimum absolute atomic E-state index is 0. The summed E-state index contributed by atoms with van der Waals surface area (Å²) in [6.07, 6.45) is 0.117. The number of aromatic nitrogens is 1. The first kappa shape index (κ1) is 21.3. The van der Waals surface area contributed by atoms with Gasteiger partial charge in [0.2, 0.25) is 0 Å². The van der Waals surface area contributed by atoms with Crippen LogP contribution in [0, 0.1) is 20.2 Å². The van der Waals surface area contributed by atoms with E-state index in [4.69, 9.17) is 4.55 Å². The third-order valence-electron chi connectivity index (χ3n) is 4.04. The standard InChI is InChI=1S/C15H13N3O7S.Na.H/c19-17(20)10-2-4-14-12(8-10)13-9-11(18(21)22)3-5-15(13)16(14)6-1-7-26(23,24)25;;/h2-5,8-9H,1,6-7H2,(H,23,24,25);;. The van der Waals surface area contributed by atoms with Gasteiger partial charge in [0, 0.05) is 52.6 Å². The maximum atomic E-state index is 11.0. The molecule has 0 spiro atoms. The number of hydrogen-bond acceptors (Lipinski definition) is 6. The molecule has 1 N–H and O–H groups in total. The van der Waals surface area contributed by atoms with E-state index in [0.29, 0.717) is 21.8 Å². The number of nitrogens with zero attached hydrogens (tertiary/aromatic N) is 3. The molecule has 3 aromatic rings. The molecular weight excluding hydrogens is 389 g/mol. The summed E-state index contributed by atoms with van der Waals surface area (Å²) in [4.78, 5) is 21.0. The topological polar surface area (TPSA) is 146 Å². The van der Waals surface area contributed by atoms with Gasteiger partial charge in [-0.15, -0.1) is 0 Å². The van der Waals surface area contributed by atoms with Crippen LogP contribution in [0.15, 0.2) is 36.4 Å². The van der Waals surface area contributed by atoms with E-state index in [9.17, 15) is 28.6 Å². The molecule has 10 nitrogen and oxygen atoms in total. The van der Waals surface area contributed by atoms with Gasteiger partial charge < -0.3 is 4.57 Å². The Morgan fingerprint density at radius 1 is 0.926 bits per heavy atom. The molecule has 0 saturated heterocycles. The zero-order valence-electron chi connectivity index (χ0n) is 13.2. The van der Waals surface area contributed by atoms with E-state index in [-0.39, 0.29) is 53.9 Å². The number of non-ortho nitro benzene ring substituents is 2. The number of hydrogen-bond donors (Lipinski definition) is 1. The van der Waals surface area contributed by atoms with E-state index in [0.717, 1.165) is 0 Å². The van der Waals surface area contributed by atoms with Crippen LogP contribution in [0.4, 0.5) is 11.4 Å². The van der Waals surface area contributed by atoms with Crippen molar-refractivity contribution in [2.75, 3.05) is 5.75 Å². The van der Waals surface area contributed by atoms with Crippen LogP contribution in [0.1, 0.15) is 6.42 Å². The van der Waals surface area contributed by atoms with Gasteiger partial charge in [0.05, 0.1) is 15.6 Å². The predicted octanol–water partition coefficient (Wildman–Crippen LogP) is 2.24. The Hall–Kier alpha value is -2.05.